The van der Waals surface area contributed by atoms with Gasteiger partial charge in [0, 0.05) is 0 Å². The Kier molecular flexibility index (Phi) is 4.44. The van der Waals surface area contributed by atoms with Crippen LogP contribution in [-0.2, 0) is 28.5 Å². The quantitative estimate of drug-likeness (QED) is 0.582. The van der Waals surface area contributed by atoms with Crippen LogP contribution < -0.4 is 9.47 Å². The van der Waals surface area contributed by atoms with Crippen molar-refractivity contribution in [2.24, 2.45) is 0 Å². The van der Waals surface area contributed by atoms with Crippen molar-refractivity contribution in [3.63, 3.8) is 0 Å². The van der Waals surface area contributed by atoms with Gasteiger partial charge in [0.1, 0.15) is 18.3 Å². The fourth-order valence-corrected chi connectivity index (χ4v) is 3.67. The number of carbonyl (C=O) groups is 1. The van der Waals surface area contributed by atoms with Gasteiger partial charge < -0.3 is 33.2 Å². The fourth-order valence-electron chi connectivity index (χ4n) is 3.67. The standard InChI is InChI=1S/C19H24O8/c1-18(2)24-12-13(25-18)15-17(27-19(3,4)26-15)23-14(12)16(20)22-11-9-7-6-8-10(11)21-5/h6-9,12-15,17H,1-5H3/t12-,13-,14-,15-,17-/m1/s1. The first-order chi connectivity index (χ1) is 12.7. The van der Waals surface area contributed by atoms with Gasteiger partial charge in [0.2, 0.25) is 0 Å². The lowest BCUT2D eigenvalue weighted by atomic mass is 9.99. The third kappa shape index (κ3) is 3.43. The van der Waals surface area contributed by atoms with Gasteiger partial charge in [0.05, 0.1) is 7.11 Å². The molecule has 0 radical (unpaired) electrons. The van der Waals surface area contributed by atoms with Crippen LogP contribution in [0.3, 0.4) is 0 Å². The van der Waals surface area contributed by atoms with Crippen molar-refractivity contribution in [3.8, 4) is 11.5 Å². The summed E-state index contributed by atoms with van der Waals surface area (Å²) in [6, 6.07) is 6.89. The fraction of sp³-hybridized carbons (Fsp3) is 0.632. The summed E-state index contributed by atoms with van der Waals surface area (Å²) in [5.74, 6) is -1.59. The van der Waals surface area contributed by atoms with E-state index >= 15 is 0 Å². The van der Waals surface area contributed by atoms with E-state index < -0.39 is 48.2 Å². The highest BCUT2D eigenvalue weighted by Crippen LogP contribution is 2.44. The summed E-state index contributed by atoms with van der Waals surface area (Å²) >= 11 is 0. The van der Waals surface area contributed by atoms with Crippen LogP contribution in [0.5, 0.6) is 11.5 Å². The van der Waals surface area contributed by atoms with E-state index in [1.807, 2.05) is 0 Å². The molecule has 3 fully saturated rings. The van der Waals surface area contributed by atoms with Gasteiger partial charge >= 0.3 is 5.97 Å². The molecule has 0 bridgehead atoms. The molecule has 27 heavy (non-hydrogen) atoms. The summed E-state index contributed by atoms with van der Waals surface area (Å²) in [7, 11) is 1.51. The largest absolute Gasteiger partial charge is 0.493 e. The average molecular weight is 380 g/mol. The van der Waals surface area contributed by atoms with Crippen molar-refractivity contribution >= 4 is 5.97 Å². The summed E-state index contributed by atoms with van der Waals surface area (Å²) in [5.41, 5.74) is 0. The highest BCUT2D eigenvalue weighted by atomic mass is 16.9. The van der Waals surface area contributed by atoms with Crippen LogP contribution in [0.25, 0.3) is 0 Å². The Labute approximate surface area is 157 Å². The molecule has 0 unspecified atom stereocenters. The van der Waals surface area contributed by atoms with Gasteiger partial charge in [-0.25, -0.2) is 4.79 Å². The van der Waals surface area contributed by atoms with Gasteiger partial charge in [-0.1, -0.05) is 12.1 Å². The Morgan fingerprint density at radius 1 is 0.889 bits per heavy atom. The molecule has 8 nitrogen and oxygen atoms in total. The van der Waals surface area contributed by atoms with Crippen molar-refractivity contribution in [3.05, 3.63) is 24.3 Å². The van der Waals surface area contributed by atoms with Gasteiger partial charge in [-0.3, -0.25) is 0 Å². The first-order valence-electron chi connectivity index (χ1n) is 8.90. The monoisotopic (exact) mass is 380 g/mol. The van der Waals surface area contributed by atoms with Crippen LogP contribution in [0.2, 0.25) is 0 Å². The van der Waals surface area contributed by atoms with Crippen molar-refractivity contribution in [1.29, 1.82) is 0 Å². The number of ether oxygens (including phenoxy) is 7. The Hall–Kier alpha value is -1.71. The normalized spacial score (nSPS) is 36.0. The van der Waals surface area contributed by atoms with E-state index in [0.717, 1.165) is 0 Å². The van der Waals surface area contributed by atoms with E-state index in [-0.39, 0.29) is 0 Å². The van der Waals surface area contributed by atoms with Crippen LogP contribution in [0.4, 0.5) is 0 Å². The Balaban J connectivity index is 1.59. The van der Waals surface area contributed by atoms with Crippen molar-refractivity contribution < 1.29 is 38.0 Å². The molecule has 0 amide bonds. The average Bonchev–Trinajstić information content (AvgIpc) is 3.08. The minimum Gasteiger partial charge on any atom is -0.493 e. The number of benzene rings is 1. The van der Waals surface area contributed by atoms with E-state index in [9.17, 15) is 4.79 Å². The molecule has 5 atom stereocenters. The SMILES string of the molecule is COc1ccccc1OC(=O)[C@@H]1O[C@@H]2OC(C)(C)O[C@@H]2[C@@H]2OC(C)(C)O[C@H]21. The van der Waals surface area contributed by atoms with Gasteiger partial charge in [0.25, 0.3) is 0 Å². The first-order valence-corrected chi connectivity index (χ1v) is 8.90. The Morgan fingerprint density at radius 2 is 1.48 bits per heavy atom. The molecule has 0 N–H and O–H groups in total. The smallest absolute Gasteiger partial charge is 0.343 e. The number of rotatable bonds is 3. The summed E-state index contributed by atoms with van der Waals surface area (Å²) in [4.78, 5) is 12.9. The zero-order valence-corrected chi connectivity index (χ0v) is 16.0. The second-order valence-electron chi connectivity index (χ2n) is 7.66. The maximum Gasteiger partial charge on any atom is 0.343 e. The van der Waals surface area contributed by atoms with E-state index in [4.69, 9.17) is 33.2 Å². The molecular weight excluding hydrogens is 356 g/mol. The van der Waals surface area contributed by atoms with Crippen LogP contribution in [0.1, 0.15) is 27.7 Å². The molecule has 8 heteroatoms. The third-order valence-corrected chi connectivity index (χ3v) is 4.67. The molecule has 0 aliphatic carbocycles. The van der Waals surface area contributed by atoms with Crippen molar-refractivity contribution in [2.75, 3.05) is 7.11 Å². The maximum absolute atomic E-state index is 12.9. The van der Waals surface area contributed by atoms with Crippen molar-refractivity contribution in [1.82, 2.24) is 0 Å². The second-order valence-corrected chi connectivity index (χ2v) is 7.66. The lowest BCUT2D eigenvalue weighted by Crippen LogP contribution is -2.58. The van der Waals surface area contributed by atoms with E-state index in [0.29, 0.717) is 11.5 Å². The predicted octanol–water partition coefficient (Wildman–Crippen LogP) is 2.00. The molecule has 148 valence electrons. The summed E-state index contributed by atoms with van der Waals surface area (Å²) < 4.78 is 40.3. The minimum atomic E-state index is -1.03. The molecule has 3 heterocycles. The van der Waals surface area contributed by atoms with Crippen LogP contribution in [0, 0.1) is 0 Å². The molecule has 0 saturated carbocycles. The zero-order chi connectivity index (χ0) is 19.4. The minimum absolute atomic E-state index is 0.300. The molecule has 1 aromatic carbocycles. The molecule has 3 saturated heterocycles. The second kappa shape index (κ2) is 6.42. The highest BCUT2D eigenvalue weighted by Gasteiger charge is 2.62. The topological polar surface area (TPSA) is 81.7 Å². The van der Waals surface area contributed by atoms with Crippen LogP contribution in [-0.4, -0.2) is 55.4 Å². The van der Waals surface area contributed by atoms with E-state index in [1.165, 1.54) is 7.11 Å². The van der Waals surface area contributed by atoms with Crippen LogP contribution in [0.15, 0.2) is 24.3 Å². The molecule has 0 spiro atoms. The van der Waals surface area contributed by atoms with Gasteiger partial charge in [-0.15, -0.1) is 0 Å². The maximum atomic E-state index is 12.9. The molecule has 0 aromatic heterocycles. The lowest BCUT2D eigenvalue weighted by Gasteiger charge is -2.35. The molecule has 4 rings (SSSR count). The summed E-state index contributed by atoms with van der Waals surface area (Å²) in [6.45, 7) is 7.13. The zero-order valence-electron chi connectivity index (χ0n) is 16.0. The number of hydrogen-bond acceptors (Lipinski definition) is 8. The first kappa shape index (κ1) is 18.6. The number of methoxy groups -OCH3 is 1. The summed E-state index contributed by atoms with van der Waals surface area (Å²) in [5, 5.41) is 0. The lowest BCUT2D eigenvalue weighted by molar-refractivity contribution is -0.236. The molecular formula is C19H24O8. The van der Waals surface area contributed by atoms with Gasteiger partial charge in [-0.2, -0.15) is 0 Å². The number of carbonyl (C=O) groups excluding carboxylic acids is 1. The highest BCUT2D eigenvalue weighted by molar-refractivity contribution is 5.79. The summed E-state index contributed by atoms with van der Waals surface area (Å²) in [6.07, 6.45) is -3.48. The molecule has 3 aliphatic heterocycles. The predicted molar refractivity (Wildman–Crippen MR) is 91.2 cm³/mol. The van der Waals surface area contributed by atoms with Gasteiger partial charge in [-0.05, 0) is 39.8 Å². The Bertz CT molecular complexity index is 730. The number of para-hydroxylation sites is 2. The van der Waals surface area contributed by atoms with E-state index in [1.54, 1.807) is 52.0 Å². The third-order valence-electron chi connectivity index (χ3n) is 4.67. The van der Waals surface area contributed by atoms with E-state index in [2.05, 4.69) is 0 Å². The number of esters is 1. The van der Waals surface area contributed by atoms with Gasteiger partial charge in [0.15, 0.2) is 35.5 Å². The van der Waals surface area contributed by atoms with Crippen molar-refractivity contribution in [2.45, 2.75) is 70.0 Å². The Morgan fingerprint density at radius 3 is 2.19 bits per heavy atom. The number of hydrogen-bond donors (Lipinski definition) is 0. The molecule has 3 aliphatic rings. The molecule has 1 aromatic rings. The van der Waals surface area contributed by atoms with Crippen LogP contribution >= 0.6 is 0 Å². The number of fused-ring (bicyclic) bond motifs is 3.